The maximum atomic E-state index is 12.9. The van der Waals surface area contributed by atoms with Crippen LogP contribution in [0.1, 0.15) is 47.0 Å². The Morgan fingerprint density at radius 2 is 1.69 bits per heavy atom. The van der Waals surface area contributed by atoms with Crippen LogP contribution in [-0.4, -0.2) is 69.3 Å². The third-order valence-electron chi connectivity index (χ3n) is 4.27. The Morgan fingerprint density at radius 1 is 1.10 bits per heavy atom. The number of hydrogen-bond donors (Lipinski definition) is 1. The summed E-state index contributed by atoms with van der Waals surface area (Å²) in [5.74, 6) is -0.577. The fourth-order valence-corrected chi connectivity index (χ4v) is 2.77. The fraction of sp³-hybridized carbons (Fsp3) is 0.714. The van der Waals surface area contributed by atoms with Crippen LogP contribution in [0, 0.1) is 0 Å². The zero-order chi connectivity index (χ0) is 22.2. The van der Waals surface area contributed by atoms with Gasteiger partial charge < -0.3 is 29.2 Å². The van der Waals surface area contributed by atoms with Crippen molar-refractivity contribution in [1.82, 2.24) is 10.2 Å². The topological polar surface area (TPSA) is 86.3 Å². The van der Waals surface area contributed by atoms with E-state index in [4.69, 9.17) is 18.9 Å². The van der Waals surface area contributed by atoms with E-state index >= 15 is 0 Å². The van der Waals surface area contributed by atoms with Crippen molar-refractivity contribution in [3.8, 4) is 0 Å². The van der Waals surface area contributed by atoms with E-state index in [1.807, 2.05) is 20.8 Å². The zero-order valence-corrected chi connectivity index (χ0v) is 18.7. The van der Waals surface area contributed by atoms with Gasteiger partial charge in [0.1, 0.15) is 0 Å². The molecule has 8 heteroatoms. The van der Waals surface area contributed by atoms with Crippen LogP contribution in [0.4, 0.5) is 0 Å². The van der Waals surface area contributed by atoms with Crippen molar-refractivity contribution in [2.75, 3.05) is 34.0 Å². The number of amides is 2. The van der Waals surface area contributed by atoms with Gasteiger partial charge in [-0.2, -0.15) is 0 Å². The first kappa shape index (κ1) is 27.3. The summed E-state index contributed by atoms with van der Waals surface area (Å²) in [6.45, 7) is 12.3. The molecule has 29 heavy (non-hydrogen) atoms. The molecule has 1 atom stereocenters. The summed E-state index contributed by atoms with van der Waals surface area (Å²) in [6, 6.07) is -0.271. The van der Waals surface area contributed by atoms with E-state index in [0.29, 0.717) is 44.6 Å². The lowest BCUT2D eigenvalue weighted by molar-refractivity contribution is -0.180. The molecule has 0 aliphatic rings. The molecule has 2 amide bonds. The number of rotatable bonds is 16. The molecule has 0 radical (unpaired) electrons. The number of methoxy groups -OCH3 is 2. The van der Waals surface area contributed by atoms with Crippen LogP contribution in [0.15, 0.2) is 24.4 Å². The number of ether oxygens (including phenoxy) is 4. The second-order valence-electron chi connectivity index (χ2n) is 6.42. The van der Waals surface area contributed by atoms with Gasteiger partial charge in [0, 0.05) is 58.2 Å². The summed E-state index contributed by atoms with van der Waals surface area (Å²) in [4.78, 5) is 26.2. The molecular weight excluding hydrogens is 376 g/mol. The Labute approximate surface area is 175 Å². The fourth-order valence-electron chi connectivity index (χ4n) is 2.77. The summed E-state index contributed by atoms with van der Waals surface area (Å²) >= 11 is 0. The molecule has 0 aliphatic heterocycles. The van der Waals surface area contributed by atoms with Crippen LogP contribution >= 0.6 is 0 Å². The van der Waals surface area contributed by atoms with Crippen LogP contribution in [0.2, 0.25) is 0 Å². The standard InChI is InChI=1S/C21H38N2O6/c1-8-17(21(28-9-2)29-10-3)23(15-11-12-19(26-6)27-7)18(24)13-14-22-20(25)16(4)5/h13-14,17,19,21H,4,8-12,15H2,1-3,5-7H3,(H,22,25). The van der Waals surface area contributed by atoms with Crippen molar-refractivity contribution in [2.45, 2.75) is 65.6 Å². The smallest absolute Gasteiger partial charge is 0.250 e. The minimum Gasteiger partial charge on any atom is -0.356 e. The molecule has 0 heterocycles. The van der Waals surface area contributed by atoms with Crippen molar-refractivity contribution in [3.05, 3.63) is 24.4 Å². The van der Waals surface area contributed by atoms with Gasteiger partial charge in [0.15, 0.2) is 12.6 Å². The van der Waals surface area contributed by atoms with Crippen molar-refractivity contribution in [1.29, 1.82) is 0 Å². The van der Waals surface area contributed by atoms with E-state index in [9.17, 15) is 9.59 Å². The quantitative estimate of drug-likeness (QED) is 0.309. The largest absolute Gasteiger partial charge is 0.356 e. The van der Waals surface area contributed by atoms with Gasteiger partial charge in [-0.1, -0.05) is 13.5 Å². The minimum atomic E-state index is -0.530. The van der Waals surface area contributed by atoms with E-state index in [0.717, 1.165) is 0 Å². The highest BCUT2D eigenvalue weighted by molar-refractivity contribution is 5.94. The highest BCUT2D eigenvalue weighted by atomic mass is 16.7. The molecular formula is C21H38N2O6. The normalized spacial score (nSPS) is 12.6. The number of nitrogens with one attached hydrogen (secondary N) is 1. The summed E-state index contributed by atoms with van der Waals surface area (Å²) < 4.78 is 21.9. The molecule has 0 aromatic heterocycles. The highest BCUT2D eigenvalue weighted by Gasteiger charge is 2.29. The van der Waals surface area contributed by atoms with Crippen molar-refractivity contribution in [2.24, 2.45) is 0 Å². The molecule has 0 spiro atoms. The first-order valence-electron chi connectivity index (χ1n) is 10.1. The Hall–Kier alpha value is -1.74. The molecule has 0 aromatic rings. The maximum Gasteiger partial charge on any atom is 0.250 e. The highest BCUT2D eigenvalue weighted by Crippen LogP contribution is 2.17. The van der Waals surface area contributed by atoms with E-state index in [2.05, 4.69) is 11.9 Å². The van der Waals surface area contributed by atoms with Gasteiger partial charge >= 0.3 is 0 Å². The summed E-state index contributed by atoms with van der Waals surface area (Å²) in [5.41, 5.74) is 0.364. The lowest BCUT2D eigenvalue weighted by Crippen LogP contribution is -2.49. The molecule has 8 nitrogen and oxygen atoms in total. The van der Waals surface area contributed by atoms with Crippen LogP contribution < -0.4 is 5.32 Å². The van der Waals surface area contributed by atoms with Crippen LogP contribution in [0.5, 0.6) is 0 Å². The van der Waals surface area contributed by atoms with Crippen molar-refractivity contribution >= 4 is 11.8 Å². The summed E-state index contributed by atoms with van der Waals surface area (Å²) in [7, 11) is 3.16. The number of carbonyl (C=O) groups excluding carboxylic acids is 2. The third-order valence-corrected chi connectivity index (χ3v) is 4.27. The summed E-state index contributed by atoms with van der Waals surface area (Å²) in [5, 5.41) is 2.53. The first-order chi connectivity index (χ1) is 13.9. The van der Waals surface area contributed by atoms with Gasteiger partial charge in [0.05, 0.1) is 6.04 Å². The molecule has 168 valence electrons. The SMILES string of the molecule is C=C(C)C(=O)NC=CC(=O)N(CCCC(OC)OC)C(CC)C(OCC)OCC. The van der Waals surface area contributed by atoms with Crippen LogP contribution in [0.25, 0.3) is 0 Å². The maximum absolute atomic E-state index is 12.9. The van der Waals surface area contributed by atoms with Gasteiger partial charge in [-0.25, -0.2) is 0 Å². The van der Waals surface area contributed by atoms with E-state index in [1.54, 1.807) is 26.0 Å². The van der Waals surface area contributed by atoms with E-state index < -0.39 is 6.29 Å². The van der Waals surface area contributed by atoms with E-state index in [-0.39, 0.29) is 24.1 Å². The van der Waals surface area contributed by atoms with Gasteiger partial charge in [0.25, 0.3) is 0 Å². The summed E-state index contributed by atoms with van der Waals surface area (Å²) in [6.07, 6.45) is 3.78. The van der Waals surface area contributed by atoms with Crippen LogP contribution in [0.3, 0.4) is 0 Å². The van der Waals surface area contributed by atoms with Gasteiger partial charge in [-0.05, 0) is 33.6 Å². The molecule has 0 rings (SSSR count). The molecule has 0 fully saturated rings. The Balaban J connectivity index is 5.36. The van der Waals surface area contributed by atoms with E-state index in [1.165, 1.54) is 12.3 Å². The Bertz CT molecular complexity index is 513. The molecule has 0 aliphatic carbocycles. The molecule has 0 saturated carbocycles. The predicted octanol–water partition coefficient (Wildman–Crippen LogP) is 2.60. The van der Waals surface area contributed by atoms with Crippen LogP contribution in [-0.2, 0) is 28.5 Å². The molecule has 0 aromatic carbocycles. The number of hydrogen-bond acceptors (Lipinski definition) is 6. The van der Waals surface area contributed by atoms with Gasteiger partial charge in [0.2, 0.25) is 11.8 Å². The second kappa shape index (κ2) is 16.1. The van der Waals surface area contributed by atoms with Crippen molar-refractivity contribution < 1.29 is 28.5 Å². The monoisotopic (exact) mass is 414 g/mol. The predicted molar refractivity (Wildman–Crippen MR) is 112 cm³/mol. The minimum absolute atomic E-state index is 0.241. The number of carbonyl (C=O) groups is 2. The number of nitrogens with zero attached hydrogens (tertiary/aromatic N) is 1. The molecule has 1 unspecified atom stereocenters. The van der Waals surface area contributed by atoms with Gasteiger partial charge in [-0.3, -0.25) is 9.59 Å². The average Bonchev–Trinajstić information content (AvgIpc) is 2.70. The zero-order valence-electron chi connectivity index (χ0n) is 18.7. The molecule has 0 bridgehead atoms. The molecule has 1 N–H and O–H groups in total. The van der Waals surface area contributed by atoms with Gasteiger partial charge in [-0.15, -0.1) is 0 Å². The Kier molecular flexibility index (Phi) is 15.1. The van der Waals surface area contributed by atoms with Crippen molar-refractivity contribution in [3.63, 3.8) is 0 Å². The molecule has 0 saturated heterocycles. The average molecular weight is 415 g/mol. The lowest BCUT2D eigenvalue weighted by Gasteiger charge is -2.35. The Morgan fingerprint density at radius 3 is 2.14 bits per heavy atom. The second-order valence-corrected chi connectivity index (χ2v) is 6.42. The first-order valence-corrected chi connectivity index (χ1v) is 10.1. The third kappa shape index (κ3) is 10.6. The lowest BCUT2D eigenvalue weighted by atomic mass is 10.1.